The zero-order valence-electron chi connectivity index (χ0n) is 12.7. The number of hydrogen-bond donors (Lipinski definition) is 1. The number of nitrogens with zero attached hydrogens (tertiary/aromatic N) is 3. The van der Waals surface area contributed by atoms with E-state index in [1.54, 1.807) is 9.58 Å². The fourth-order valence-electron chi connectivity index (χ4n) is 2.91. The number of aliphatic carboxylic acids is 1. The van der Waals surface area contributed by atoms with E-state index in [0.29, 0.717) is 25.9 Å². The summed E-state index contributed by atoms with van der Waals surface area (Å²) in [5, 5.41) is 13.6. The van der Waals surface area contributed by atoms with Crippen molar-refractivity contribution >= 4 is 11.9 Å². The summed E-state index contributed by atoms with van der Waals surface area (Å²) in [5.74, 6) is -0.979. The molecule has 1 unspecified atom stereocenters. The number of carbonyl (C=O) groups excluding carboxylic acids is 1. The van der Waals surface area contributed by atoms with Crippen LogP contribution in [0.1, 0.15) is 43.5 Å². The van der Waals surface area contributed by atoms with Gasteiger partial charge in [0.25, 0.3) is 0 Å². The van der Waals surface area contributed by atoms with Gasteiger partial charge in [-0.05, 0) is 32.8 Å². The normalized spacial score (nSPS) is 19.3. The van der Waals surface area contributed by atoms with Crippen LogP contribution in [0.4, 0.5) is 0 Å². The lowest BCUT2D eigenvalue weighted by molar-refractivity contribution is -0.150. The second-order valence-electron chi connectivity index (χ2n) is 5.69. The first-order valence-electron chi connectivity index (χ1n) is 7.52. The molecule has 0 spiro atoms. The number of carboxylic acids is 1. The van der Waals surface area contributed by atoms with Crippen LogP contribution in [0.3, 0.4) is 0 Å². The van der Waals surface area contributed by atoms with E-state index >= 15 is 0 Å². The van der Waals surface area contributed by atoms with Crippen molar-refractivity contribution in [3.8, 4) is 0 Å². The van der Waals surface area contributed by atoms with Crippen LogP contribution in [0.2, 0.25) is 0 Å². The van der Waals surface area contributed by atoms with Crippen molar-refractivity contribution in [1.29, 1.82) is 0 Å². The molecule has 0 aliphatic carbocycles. The zero-order chi connectivity index (χ0) is 15.4. The maximum atomic E-state index is 12.4. The molecule has 0 bridgehead atoms. The Labute approximate surface area is 124 Å². The summed E-state index contributed by atoms with van der Waals surface area (Å²) in [4.78, 5) is 25.3. The lowest BCUT2D eigenvalue weighted by Crippen LogP contribution is -2.44. The average Bonchev–Trinajstić information content (AvgIpc) is 2.65. The van der Waals surface area contributed by atoms with Gasteiger partial charge in [-0.3, -0.25) is 9.48 Å². The molecule has 6 heteroatoms. The van der Waals surface area contributed by atoms with Gasteiger partial charge in [-0.2, -0.15) is 5.10 Å². The van der Waals surface area contributed by atoms with Crippen LogP contribution in [0.25, 0.3) is 0 Å². The molecule has 1 aromatic rings. The van der Waals surface area contributed by atoms with E-state index in [4.69, 9.17) is 0 Å². The van der Waals surface area contributed by atoms with Crippen LogP contribution in [0.15, 0.2) is 6.07 Å². The molecule has 0 saturated carbocycles. The van der Waals surface area contributed by atoms with E-state index < -0.39 is 12.0 Å². The molecule has 1 amide bonds. The minimum Gasteiger partial charge on any atom is -0.480 e. The smallest absolute Gasteiger partial charge is 0.326 e. The first-order chi connectivity index (χ1) is 9.99. The van der Waals surface area contributed by atoms with Gasteiger partial charge < -0.3 is 10.0 Å². The van der Waals surface area contributed by atoms with Crippen LogP contribution in [-0.2, 0) is 16.1 Å². The molecule has 116 valence electrons. The standard InChI is InChI=1S/C15H23N3O3/c1-11-10-12(2)18(16-11)9-7-14(19)17-8-5-3-4-6-13(17)15(20)21/h10,13H,3-9H2,1-2H3,(H,20,21). The Hall–Kier alpha value is -1.85. The quantitative estimate of drug-likeness (QED) is 0.917. The van der Waals surface area contributed by atoms with Crippen molar-refractivity contribution in [3.05, 3.63) is 17.5 Å². The van der Waals surface area contributed by atoms with Gasteiger partial charge in [-0.1, -0.05) is 12.8 Å². The van der Waals surface area contributed by atoms with E-state index in [1.165, 1.54) is 0 Å². The molecule has 1 atom stereocenters. The van der Waals surface area contributed by atoms with Crippen LogP contribution in [-0.4, -0.2) is 44.3 Å². The van der Waals surface area contributed by atoms with Gasteiger partial charge in [0.2, 0.25) is 5.91 Å². The van der Waals surface area contributed by atoms with E-state index in [9.17, 15) is 14.7 Å². The minimum absolute atomic E-state index is 0.0862. The van der Waals surface area contributed by atoms with E-state index in [2.05, 4.69) is 5.10 Å². The van der Waals surface area contributed by atoms with Crippen LogP contribution in [0.5, 0.6) is 0 Å². The Balaban J connectivity index is 2.00. The molecule has 0 aromatic carbocycles. The Morgan fingerprint density at radius 1 is 1.33 bits per heavy atom. The largest absolute Gasteiger partial charge is 0.480 e. The number of amides is 1. The third-order valence-corrected chi connectivity index (χ3v) is 4.00. The fourth-order valence-corrected chi connectivity index (χ4v) is 2.91. The molecule has 1 aromatic heterocycles. The Kier molecular flexibility index (Phi) is 4.98. The number of carbonyl (C=O) groups is 2. The second-order valence-corrected chi connectivity index (χ2v) is 5.69. The van der Waals surface area contributed by atoms with Crippen molar-refractivity contribution in [1.82, 2.24) is 14.7 Å². The monoisotopic (exact) mass is 293 g/mol. The summed E-state index contributed by atoms with van der Waals surface area (Å²) in [5.41, 5.74) is 1.95. The van der Waals surface area contributed by atoms with Crippen LogP contribution >= 0.6 is 0 Å². The molecule has 2 heterocycles. The lowest BCUT2D eigenvalue weighted by atomic mass is 10.1. The molecule has 1 aliphatic rings. The van der Waals surface area contributed by atoms with Crippen molar-refractivity contribution in [2.24, 2.45) is 0 Å². The van der Waals surface area contributed by atoms with E-state index in [-0.39, 0.29) is 5.91 Å². The molecule has 0 radical (unpaired) electrons. The molecular formula is C15H23N3O3. The molecule has 6 nitrogen and oxygen atoms in total. The summed E-state index contributed by atoms with van der Waals surface area (Å²) in [6, 6.07) is 1.30. The third kappa shape index (κ3) is 3.83. The number of rotatable bonds is 4. The number of aromatic nitrogens is 2. The first kappa shape index (κ1) is 15.5. The average molecular weight is 293 g/mol. The molecule has 2 rings (SSSR count). The predicted octanol–water partition coefficient (Wildman–Crippen LogP) is 1.75. The first-order valence-corrected chi connectivity index (χ1v) is 7.52. The number of hydrogen-bond acceptors (Lipinski definition) is 3. The second kappa shape index (κ2) is 6.74. The highest BCUT2D eigenvalue weighted by Gasteiger charge is 2.30. The lowest BCUT2D eigenvalue weighted by Gasteiger charge is -2.27. The zero-order valence-corrected chi connectivity index (χ0v) is 12.7. The minimum atomic E-state index is -0.892. The SMILES string of the molecule is Cc1cc(C)n(CCC(=O)N2CCCCCC2C(=O)O)n1. The van der Waals surface area contributed by atoms with Crippen molar-refractivity contribution in [2.75, 3.05) is 6.54 Å². The van der Waals surface area contributed by atoms with Crippen LogP contribution in [0, 0.1) is 13.8 Å². The maximum absolute atomic E-state index is 12.4. The highest BCUT2D eigenvalue weighted by Crippen LogP contribution is 2.18. The van der Waals surface area contributed by atoms with Crippen molar-refractivity contribution in [3.63, 3.8) is 0 Å². The maximum Gasteiger partial charge on any atom is 0.326 e. The summed E-state index contributed by atoms with van der Waals surface area (Å²) in [6.07, 6.45) is 3.60. The highest BCUT2D eigenvalue weighted by atomic mass is 16.4. The number of aryl methyl sites for hydroxylation is 3. The molecule has 1 aliphatic heterocycles. The summed E-state index contributed by atoms with van der Waals surface area (Å²) in [6.45, 7) is 4.92. The van der Waals surface area contributed by atoms with Crippen LogP contribution < -0.4 is 0 Å². The number of carboxylic acid groups (broad SMARTS) is 1. The van der Waals surface area contributed by atoms with Gasteiger partial charge in [0.15, 0.2) is 0 Å². The topological polar surface area (TPSA) is 75.4 Å². The predicted molar refractivity (Wildman–Crippen MR) is 77.9 cm³/mol. The molecule has 1 saturated heterocycles. The van der Waals surface area contributed by atoms with Gasteiger partial charge in [0, 0.05) is 25.2 Å². The van der Waals surface area contributed by atoms with E-state index in [0.717, 1.165) is 30.7 Å². The Bertz CT molecular complexity index is 524. The molecular weight excluding hydrogens is 270 g/mol. The van der Waals surface area contributed by atoms with Gasteiger partial charge in [-0.25, -0.2) is 4.79 Å². The summed E-state index contributed by atoms with van der Waals surface area (Å²) in [7, 11) is 0. The Morgan fingerprint density at radius 3 is 2.71 bits per heavy atom. The highest BCUT2D eigenvalue weighted by molar-refractivity contribution is 5.83. The van der Waals surface area contributed by atoms with Gasteiger partial charge in [0.1, 0.15) is 6.04 Å². The molecule has 1 fully saturated rings. The van der Waals surface area contributed by atoms with E-state index in [1.807, 2.05) is 19.9 Å². The fraction of sp³-hybridized carbons (Fsp3) is 0.667. The van der Waals surface area contributed by atoms with Crippen molar-refractivity contribution < 1.29 is 14.7 Å². The summed E-state index contributed by atoms with van der Waals surface area (Å²) < 4.78 is 1.81. The third-order valence-electron chi connectivity index (χ3n) is 4.00. The molecule has 21 heavy (non-hydrogen) atoms. The van der Waals surface area contributed by atoms with Gasteiger partial charge in [0.05, 0.1) is 5.69 Å². The van der Waals surface area contributed by atoms with Gasteiger partial charge >= 0.3 is 5.97 Å². The van der Waals surface area contributed by atoms with Crippen molar-refractivity contribution in [2.45, 2.75) is 58.5 Å². The molecule has 1 N–H and O–H groups in total. The summed E-state index contributed by atoms with van der Waals surface area (Å²) >= 11 is 0. The van der Waals surface area contributed by atoms with Gasteiger partial charge in [-0.15, -0.1) is 0 Å². The Morgan fingerprint density at radius 2 is 2.10 bits per heavy atom. The number of likely N-dealkylation sites (tertiary alicyclic amines) is 1.